The minimum atomic E-state index is -3.99. The molecule has 1 unspecified atom stereocenters. The normalized spacial score (nSPS) is 27.5. The van der Waals surface area contributed by atoms with E-state index >= 15 is 0 Å². The van der Waals surface area contributed by atoms with Crippen molar-refractivity contribution in [3.8, 4) is 0 Å². The molecule has 0 bridgehead atoms. The highest BCUT2D eigenvalue weighted by atomic mass is 19.4. The predicted molar refractivity (Wildman–Crippen MR) is 68.4 cm³/mol. The number of nitrogens with one attached hydrogen (secondary N) is 1. The van der Waals surface area contributed by atoms with Gasteiger partial charge in [-0.1, -0.05) is 13.8 Å². The molecule has 18 heavy (non-hydrogen) atoms. The van der Waals surface area contributed by atoms with Crippen LogP contribution in [-0.4, -0.2) is 19.3 Å². The van der Waals surface area contributed by atoms with Crippen LogP contribution in [0.15, 0.2) is 0 Å². The Hall–Kier alpha value is -0.250. The van der Waals surface area contributed by atoms with Gasteiger partial charge in [0.05, 0.1) is 5.92 Å². The van der Waals surface area contributed by atoms with Crippen molar-refractivity contribution in [2.45, 2.75) is 64.6 Å². The molecule has 0 aromatic rings. The maximum atomic E-state index is 12.6. The van der Waals surface area contributed by atoms with Crippen LogP contribution in [0.2, 0.25) is 0 Å². The molecule has 0 aliphatic heterocycles. The Kier molecular flexibility index (Phi) is 5.96. The van der Waals surface area contributed by atoms with Gasteiger partial charge in [-0.05, 0) is 57.4 Å². The first kappa shape index (κ1) is 15.8. The molecule has 1 aliphatic rings. The summed E-state index contributed by atoms with van der Waals surface area (Å²) in [4.78, 5) is 0. The van der Waals surface area contributed by atoms with E-state index in [0.29, 0.717) is 43.6 Å². The molecule has 0 saturated heterocycles. The zero-order valence-corrected chi connectivity index (χ0v) is 11.7. The number of hydrogen-bond donors (Lipinski definition) is 1. The highest BCUT2D eigenvalue weighted by Gasteiger charge is 2.42. The smallest absolute Gasteiger partial charge is 0.317 e. The molecule has 1 aliphatic carbocycles. The molecular formula is C14H26F3N. The maximum Gasteiger partial charge on any atom is 0.391 e. The van der Waals surface area contributed by atoms with Crippen molar-refractivity contribution in [1.82, 2.24) is 5.32 Å². The molecule has 1 saturated carbocycles. The molecule has 0 radical (unpaired) electrons. The number of hydrogen-bond acceptors (Lipinski definition) is 1. The Balaban J connectivity index is 2.40. The Labute approximate surface area is 109 Å². The molecule has 1 rings (SSSR count). The molecule has 0 aromatic heterocycles. The second kappa shape index (κ2) is 6.78. The molecule has 0 aromatic carbocycles. The third kappa shape index (κ3) is 4.79. The Bertz CT molecular complexity index is 230. The monoisotopic (exact) mass is 265 g/mol. The second-order valence-corrected chi connectivity index (χ2v) is 6.02. The van der Waals surface area contributed by atoms with Crippen LogP contribution in [0.1, 0.15) is 52.4 Å². The third-order valence-corrected chi connectivity index (χ3v) is 4.23. The summed E-state index contributed by atoms with van der Waals surface area (Å²) < 4.78 is 37.8. The van der Waals surface area contributed by atoms with Gasteiger partial charge in [0.25, 0.3) is 0 Å². The van der Waals surface area contributed by atoms with Crippen LogP contribution in [0.4, 0.5) is 13.2 Å². The average Bonchev–Trinajstić information content (AvgIpc) is 2.29. The zero-order chi connectivity index (χ0) is 13.8. The molecule has 4 heteroatoms. The van der Waals surface area contributed by atoms with Gasteiger partial charge in [-0.3, -0.25) is 0 Å². The summed E-state index contributed by atoms with van der Waals surface area (Å²) in [7, 11) is 1.93. The van der Waals surface area contributed by atoms with E-state index in [1.54, 1.807) is 0 Å². The summed E-state index contributed by atoms with van der Waals surface area (Å²) >= 11 is 0. The first-order chi connectivity index (χ1) is 8.34. The van der Waals surface area contributed by atoms with Crippen molar-refractivity contribution in [3.63, 3.8) is 0 Å². The van der Waals surface area contributed by atoms with E-state index in [2.05, 4.69) is 19.2 Å². The van der Waals surface area contributed by atoms with Gasteiger partial charge in [0.15, 0.2) is 0 Å². The van der Waals surface area contributed by atoms with Crippen LogP contribution in [0.3, 0.4) is 0 Å². The van der Waals surface area contributed by atoms with Gasteiger partial charge in [0, 0.05) is 6.04 Å². The van der Waals surface area contributed by atoms with Gasteiger partial charge < -0.3 is 5.32 Å². The van der Waals surface area contributed by atoms with Crippen molar-refractivity contribution in [2.24, 2.45) is 17.8 Å². The summed E-state index contributed by atoms with van der Waals surface area (Å²) in [6, 6.07) is 0.390. The Morgan fingerprint density at radius 1 is 1.06 bits per heavy atom. The molecule has 0 spiro atoms. The largest absolute Gasteiger partial charge is 0.391 e. The van der Waals surface area contributed by atoms with Gasteiger partial charge in [-0.15, -0.1) is 0 Å². The standard InChI is InChI=1S/C14H26F3N/c1-10(2)4-9-13(18-3)11-5-7-12(8-6-11)14(15,16)17/h10-13,18H,4-9H2,1-3H3. The van der Waals surface area contributed by atoms with E-state index < -0.39 is 12.1 Å². The molecule has 0 amide bonds. The van der Waals surface area contributed by atoms with E-state index in [9.17, 15) is 13.2 Å². The second-order valence-electron chi connectivity index (χ2n) is 6.02. The van der Waals surface area contributed by atoms with Gasteiger partial charge in [-0.25, -0.2) is 0 Å². The Morgan fingerprint density at radius 3 is 2.00 bits per heavy atom. The molecule has 1 nitrogen and oxygen atoms in total. The van der Waals surface area contributed by atoms with Crippen molar-refractivity contribution < 1.29 is 13.2 Å². The van der Waals surface area contributed by atoms with Crippen LogP contribution < -0.4 is 5.32 Å². The first-order valence-corrected chi connectivity index (χ1v) is 7.08. The first-order valence-electron chi connectivity index (χ1n) is 7.08. The lowest BCUT2D eigenvalue weighted by Gasteiger charge is -2.34. The summed E-state index contributed by atoms with van der Waals surface area (Å²) in [5, 5.41) is 3.30. The molecule has 108 valence electrons. The fourth-order valence-corrected chi connectivity index (χ4v) is 2.98. The SMILES string of the molecule is CNC(CCC(C)C)C1CCC(C(F)(F)F)CC1. The van der Waals surface area contributed by atoms with Crippen molar-refractivity contribution >= 4 is 0 Å². The minimum Gasteiger partial charge on any atom is -0.317 e. The average molecular weight is 265 g/mol. The fraction of sp³-hybridized carbons (Fsp3) is 1.00. The van der Waals surface area contributed by atoms with Crippen LogP contribution in [-0.2, 0) is 0 Å². The van der Waals surface area contributed by atoms with E-state index in [1.807, 2.05) is 7.05 Å². The lowest BCUT2D eigenvalue weighted by Crippen LogP contribution is -2.38. The van der Waals surface area contributed by atoms with Gasteiger partial charge in [0.1, 0.15) is 0 Å². The Morgan fingerprint density at radius 2 is 1.61 bits per heavy atom. The molecule has 0 heterocycles. The van der Waals surface area contributed by atoms with E-state index in [0.717, 1.165) is 12.8 Å². The van der Waals surface area contributed by atoms with Gasteiger partial charge >= 0.3 is 6.18 Å². The molecule has 1 fully saturated rings. The van der Waals surface area contributed by atoms with Crippen molar-refractivity contribution in [2.75, 3.05) is 7.05 Å². The topological polar surface area (TPSA) is 12.0 Å². The van der Waals surface area contributed by atoms with Crippen LogP contribution >= 0.6 is 0 Å². The predicted octanol–water partition coefficient (Wildman–Crippen LogP) is 4.38. The highest BCUT2D eigenvalue weighted by molar-refractivity contribution is 4.83. The lowest BCUT2D eigenvalue weighted by molar-refractivity contribution is -0.184. The van der Waals surface area contributed by atoms with Crippen molar-refractivity contribution in [3.05, 3.63) is 0 Å². The van der Waals surface area contributed by atoms with Gasteiger partial charge in [-0.2, -0.15) is 13.2 Å². The van der Waals surface area contributed by atoms with Crippen LogP contribution in [0, 0.1) is 17.8 Å². The third-order valence-electron chi connectivity index (χ3n) is 4.23. The molecule has 1 atom stereocenters. The number of halogens is 3. The summed E-state index contributed by atoms with van der Waals surface area (Å²) in [5.41, 5.74) is 0. The lowest BCUT2D eigenvalue weighted by atomic mass is 9.77. The molecular weight excluding hydrogens is 239 g/mol. The summed E-state index contributed by atoms with van der Waals surface area (Å²) in [6.45, 7) is 4.38. The van der Waals surface area contributed by atoms with E-state index in [1.165, 1.54) is 0 Å². The fourth-order valence-electron chi connectivity index (χ4n) is 2.98. The summed E-state index contributed by atoms with van der Waals surface area (Å²) in [5.74, 6) is 0.0241. The minimum absolute atomic E-state index is 0.314. The van der Waals surface area contributed by atoms with E-state index in [-0.39, 0.29) is 0 Å². The number of alkyl halides is 3. The van der Waals surface area contributed by atoms with E-state index in [4.69, 9.17) is 0 Å². The highest BCUT2D eigenvalue weighted by Crippen LogP contribution is 2.40. The zero-order valence-electron chi connectivity index (χ0n) is 11.7. The molecule has 1 N–H and O–H groups in total. The van der Waals surface area contributed by atoms with Gasteiger partial charge in [0.2, 0.25) is 0 Å². The summed E-state index contributed by atoms with van der Waals surface area (Å²) in [6.07, 6.45) is 0.294. The quantitative estimate of drug-likeness (QED) is 0.778. The van der Waals surface area contributed by atoms with Crippen molar-refractivity contribution in [1.29, 1.82) is 0 Å². The van der Waals surface area contributed by atoms with Crippen LogP contribution in [0.5, 0.6) is 0 Å². The number of rotatable bonds is 5. The maximum absolute atomic E-state index is 12.6. The van der Waals surface area contributed by atoms with Crippen LogP contribution in [0.25, 0.3) is 0 Å².